The summed E-state index contributed by atoms with van der Waals surface area (Å²) in [4.78, 5) is 10.7. The van der Waals surface area contributed by atoms with Crippen LogP contribution in [-0.2, 0) is 10.0 Å². The largest absolute Gasteiger partial charge is 0.477 e. The average Bonchev–Trinajstić information content (AvgIpc) is 2.86. The van der Waals surface area contributed by atoms with E-state index in [1.165, 1.54) is 18.2 Å². The fraction of sp³-hybridized carbons (Fsp3) is 0.0833. The quantitative estimate of drug-likeness (QED) is 0.832. The Morgan fingerprint density at radius 3 is 2.62 bits per heavy atom. The highest BCUT2D eigenvalue weighted by molar-refractivity contribution is 9.10. The molecule has 0 atom stereocenters. The van der Waals surface area contributed by atoms with Crippen molar-refractivity contribution in [3.05, 3.63) is 45.0 Å². The van der Waals surface area contributed by atoms with Crippen molar-refractivity contribution in [1.29, 1.82) is 0 Å². The van der Waals surface area contributed by atoms with Gasteiger partial charge in [0.15, 0.2) is 0 Å². The fourth-order valence-corrected chi connectivity index (χ4v) is 4.26. The summed E-state index contributed by atoms with van der Waals surface area (Å²) in [6.45, 7) is 1.62. The molecule has 5 nitrogen and oxygen atoms in total. The molecule has 1 aromatic heterocycles. The smallest absolute Gasteiger partial charge is 0.345 e. The van der Waals surface area contributed by atoms with E-state index in [4.69, 9.17) is 5.11 Å². The minimum atomic E-state index is -3.95. The van der Waals surface area contributed by atoms with Crippen LogP contribution in [0.1, 0.15) is 15.2 Å². The zero-order valence-electron chi connectivity index (χ0n) is 10.6. The molecule has 0 aliphatic rings. The first kappa shape index (κ1) is 15.9. The Balaban J connectivity index is 2.37. The van der Waals surface area contributed by atoms with Crippen LogP contribution >= 0.6 is 27.3 Å². The van der Waals surface area contributed by atoms with Crippen LogP contribution in [0.2, 0.25) is 0 Å². The predicted molar refractivity (Wildman–Crippen MR) is 80.9 cm³/mol. The number of carboxylic acids is 1. The van der Waals surface area contributed by atoms with Crippen LogP contribution in [0.25, 0.3) is 0 Å². The maximum atomic E-state index is 13.5. The van der Waals surface area contributed by atoms with Crippen LogP contribution < -0.4 is 4.72 Å². The number of hydrogen-bond acceptors (Lipinski definition) is 4. The van der Waals surface area contributed by atoms with E-state index in [1.54, 1.807) is 6.92 Å². The van der Waals surface area contributed by atoms with Crippen LogP contribution in [0, 0.1) is 12.7 Å². The summed E-state index contributed by atoms with van der Waals surface area (Å²) >= 11 is 3.64. The van der Waals surface area contributed by atoms with E-state index in [2.05, 4.69) is 20.7 Å². The lowest BCUT2D eigenvalue weighted by Gasteiger charge is -2.10. The molecule has 0 radical (unpaired) electrons. The van der Waals surface area contributed by atoms with Gasteiger partial charge in [-0.3, -0.25) is 4.72 Å². The first-order chi connectivity index (χ1) is 9.70. The molecule has 0 unspecified atom stereocenters. The molecule has 9 heteroatoms. The molecular formula is C12H9BrFNO4S2. The maximum Gasteiger partial charge on any atom is 0.345 e. The Bertz CT molecular complexity index is 817. The molecule has 1 aromatic carbocycles. The summed E-state index contributed by atoms with van der Waals surface area (Å²) in [5.41, 5.74) is 0.628. The number of aryl methyl sites for hydroxylation is 1. The number of thiophene rings is 1. The van der Waals surface area contributed by atoms with Crippen molar-refractivity contribution >= 4 is 48.9 Å². The second kappa shape index (κ2) is 5.74. The summed E-state index contributed by atoms with van der Waals surface area (Å²) in [5.74, 6) is -1.80. The van der Waals surface area contributed by atoms with Gasteiger partial charge >= 0.3 is 5.97 Å². The number of carboxylic acid groups (broad SMARTS) is 1. The van der Waals surface area contributed by atoms with Gasteiger partial charge in [0.2, 0.25) is 0 Å². The fourth-order valence-electron chi connectivity index (χ4n) is 1.53. The number of halogens is 2. The Kier molecular flexibility index (Phi) is 4.35. The zero-order chi connectivity index (χ0) is 15.8. The number of anilines is 1. The molecule has 0 spiro atoms. The molecule has 2 N–H and O–H groups in total. The number of aromatic carboxylic acids is 1. The van der Waals surface area contributed by atoms with Gasteiger partial charge in [-0.25, -0.2) is 17.6 Å². The number of nitrogens with one attached hydrogen (secondary N) is 1. The van der Waals surface area contributed by atoms with Crippen LogP contribution in [0.3, 0.4) is 0 Å². The van der Waals surface area contributed by atoms with E-state index in [-0.39, 0.29) is 19.2 Å². The van der Waals surface area contributed by atoms with E-state index in [1.807, 2.05) is 0 Å². The topological polar surface area (TPSA) is 83.5 Å². The number of sulfonamides is 1. The van der Waals surface area contributed by atoms with Gasteiger partial charge in [0.1, 0.15) is 14.9 Å². The van der Waals surface area contributed by atoms with Gasteiger partial charge in [-0.05, 0) is 52.7 Å². The second-order valence-electron chi connectivity index (χ2n) is 4.11. The molecule has 0 fully saturated rings. The van der Waals surface area contributed by atoms with Crippen molar-refractivity contribution in [2.24, 2.45) is 0 Å². The van der Waals surface area contributed by atoms with Crippen molar-refractivity contribution in [1.82, 2.24) is 0 Å². The highest BCUT2D eigenvalue weighted by atomic mass is 79.9. The van der Waals surface area contributed by atoms with E-state index in [9.17, 15) is 17.6 Å². The molecule has 0 aliphatic heterocycles. The summed E-state index contributed by atoms with van der Waals surface area (Å²) in [6, 6.07) is 4.91. The molecular weight excluding hydrogens is 385 g/mol. The third-order valence-electron chi connectivity index (χ3n) is 2.57. The minimum Gasteiger partial charge on any atom is -0.477 e. The van der Waals surface area contributed by atoms with Crippen molar-refractivity contribution in [3.63, 3.8) is 0 Å². The number of carbonyl (C=O) groups is 1. The second-order valence-corrected chi connectivity index (χ2v) is 7.96. The van der Waals surface area contributed by atoms with E-state index in [0.29, 0.717) is 16.9 Å². The molecule has 1 heterocycles. The third-order valence-corrected chi connectivity index (χ3v) is 6.11. The maximum absolute atomic E-state index is 13.5. The van der Waals surface area contributed by atoms with Gasteiger partial charge in [0, 0.05) is 0 Å². The molecule has 2 rings (SSSR count). The lowest BCUT2D eigenvalue weighted by Crippen LogP contribution is -2.12. The molecule has 2 aromatic rings. The SMILES string of the molecule is Cc1cc(Br)c(F)cc1NS(=O)(=O)c1ccc(C(=O)O)s1. The normalized spacial score (nSPS) is 11.4. The lowest BCUT2D eigenvalue weighted by molar-refractivity contribution is 0.0702. The highest BCUT2D eigenvalue weighted by Gasteiger charge is 2.20. The first-order valence-electron chi connectivity index (χ1n) is 5.52. The van der Waals surface area contributed by atoms with Gasteiger partial charge < -0.3 is 5.11 Å². The number of benzene rings is 1. The molecule has 0 bridgehead atoms. The van der Waals surface area contributed by atoms with Gasteiger partial charge in [-0.15, -0.1) is 11.3 Å². The lowest BCUT2D eigenvalue weighted by atomic mass is 10.2. The summed E-state index contributed by atoms with van der Waals surface area (Å²) in [5, 5.41) is 8.81. The van der Waals surface area contributed by atoms with E-state index < -0.39 is 21.8 Å². The van der Waals surface area contributed by atoms with E-state index >= 15 is 0 Å². The monoisotopic (exact) mass is 393 g/mol. The molecule has 21 heavy (non-hydrogen) atoms. The van der Waals surface area contributed by atoms with Gasteiger partial charge in [-0.2, -0.15) is 0 Å². The average molecular weight is 394 g/mol. The van der Waals surface area contributed by atoms with E-state index in [0.717, 1.165) is 6.07 Å². The van der Waals surface area contributed by atoms with Crippen LogP contribution in [0.4, 0.5) is 10.1 Å². The van der Waals surface area contributed by atoms with Crippen molar-refractivity contribution in [2.45, 2.75) is 11.1 Å². The summed E-state index contributed by atoms with van der Waals surface area (Å²) in [7, 11) is -3.95. The van der Waals surface area contributed by atoms with Gasteiger partial charge in [-0.1, -0.05) is 0 Å². The summed E-state index contributed by atoms with van der Waals surface area (Å²) < 4.78 is 40.1. The Hall–Kier alpha value is -1.45. The molecule has 0 saturated heterocycles. The Labute approximate surface area is 132 Å². The van der Waals surface area contributed by atoms with Crippen LogP contribution in [-0.4, -0.2) is 19.5 Å². The number of rotatable bonds is 4. The zero-order valence-corrected chi connectivity index (χ0v) is 13.8. The highest BCUT2D eigenvalue weighted by Crippen LogP contribution is 2.28. The van der Waals surface area contributed by atoms with Gasteiger partial charge in [0.25, 0.3) is 10.0 Å². The Morgan fingerprint density at radius 2 is 2.05 bits per heavy atom. The Morgan fingerprint density at radius 1 is 1.38 bits per heavy atom. The third kappa shape index (κ3) is 3.42. The first-order valence-corrected chi connectivity index (χ1v) is 8.61. The molecule has 0 amide bonds. The van der Waals surface area contributed by atoms with Gasteiger partial charge in [0.05, 0.1) is 10.2 Å². The minimum absolute atomic E-state index is 0.0888. The number of hydrogen-bond donors (Lipinski definition) is 2. The van der Waals surface area contributed by atoms with Crippen molar-refractivity contribution in [3.8, 4) is 0 Å². The van der Waals surface area contributed by atoms with Crippen molar-refractivity contribution < 1.29 is 22.7 Å². The standard InChI is InChI=1S/C12H9BrFNO4S2/c1-6-4-7(13)8(14)5-9(6)15-21(18,19)11-3-2-10(20-11)12(16)17/h2-5,15H,1H3,(H,16,17). The molecule has 0 aliphatic carbocycles. The van der Waals surface area contributed by atoms with Crippen LogP contribution in [0.5, 0.6) is 0 Å². The molecule has 112 valence electrons. The van der Waals surface area contributed by atoms with Crippen LogP contribution in [0.15, 0.2) is 32.9 Å². The summed E-state index contributed by atoms with van der Waals surface area (Å²) in [6.07, 6.45) is 0. The van der Waals surface area contributed by atoms with Crippen molar-refractivity contribution in [2.75, 3.05) is 4.72 Å². The predicted octanol–water partition coefficient (Wildman–Crippen LogP) is 3.46. The molecule has 0 saturated carbocycles.